The standard InChI is InChI=1S/C38H31BO2/c1-4-5-17-29(25(2)3)31-18-12-19-32-37(31)41-35-23-21-30(27-15-10-7-11-16-27)38-36(35)39(32)33-24-28(20-22-34(33)40-38)26-13-8-6-9-14-26/h5-24H,4H2,1-3H3/b17-5-. The van der Waals surface area contributed by atoms with Crippen molar-refractivity contribution in [3.63, 3.8) is 0 Å². The van der Waals surface area contributed by atoms with Crippen molar-refractivity contribution in [1.82, 2.24) is 0 Å². The largest absolute Gasteiger partial charge is 0.458 e. The lowest BCUT2D eigenvalue weighted by molar-refractivity contribution is 0.465. The van der Waals surface area contributed by atoms with E-state index in [1.807, 2.05) is 6.07 Å². The van der Waals surface area contributed by atoms with E-state index in [-0.39, 0.29) is 6.71 Å². The molecule has 0 aliphatic carbocycles. The second-order valence-corrected chi connectivity index (χ2v) is 10.9. The van der Waals surface area contributed by atoms with E-state index in [0.29, 0.717) is 0 Å². The van der Waals surface area contributed by atoms with Gasteiger partial charge >= 0.3 is 0 Å². The van der Waals surface area contributed by atoms with Gasteiger partial charge in [-0.3, -0.25) is 0 Å². The van der Waals surface area contributed by atoms with Crippen LogP contribution in [0.25, 0.3) is 27.8 Å². The summed E-state index contributed by atoms with van der Waals surface area (Å²) in [6.45, 7) is 6.49. The van der Waals surface area contributed by atoms with Gasteiger partial charge in [0.05, 0.1) is 0 Å². The van der Waals surface area contributed by atoms with Crippen molar-refractivity contribution in [2.24, 2.45) is 0 Å². The van der Waals surface area contributed by atoms with Gasteiger partial charge in [-0.15, -0.1) is 0 Å². The Morgan fingerprint density at radius 3 is 2.10 bits per heavy atom. The zero-order valence-corrected chi connectivity index (χ0v) is 23.6. The number of allylic oxidation sites excluding steroid dienone is 4. The molecule has 5 aromatic rings. The van der Waals surface area contributed by atoms with Crippen molar-refractivity contribution in [3.8, 4) is 45.3 Å². The summed E-state index contributed by atoms with van der Waals surface area (Å²) < 4.78 is 13.6. The lowest BCUT2D eigenvalue weighted by atomic mass is 9.34. The molecule has 2 aliphatic heterocycles. The highest BCUT2D eigenvalue weighted by atomic mass is 16.5. The van der Waals surface area contributed by atoms with E-state index in [1.165, 1.54) is 27.7 Å². The van der Waals surface area contributed by atoms with Crippen LogP contribution in [0.15, 0.2) is 127 Å². The Kier molecular flexibility index (Phi) is 6.36. The van der Waals surface area contributed by atoms with Gasteiger partial charge in [-0.1, -0.05) is 116 Å². The molecule has 0 spiro atoms. The summed E-state index contributed by atoms with van der Waals surface area (Å²) in [6.07, 6.45) is 5.44. The summed E-state index contributed by atoms with van der Waals surface area (Å²) in [6, 6.07) is 38.5. The number of hydrogen-bond acceptors (Lipinski definition) is 2. The highest BCUT2D eigenvalue weighted by Gasteiger charge is 2.42. The quantitative estimate of drug-likeness (QED) is 0.164. The summed E-state index contributed by atoms with van der Waals surface area (Å²) in [5.41, 5.74) is 11.6. The average Bonchev–Trinajstić information content (AvgIpc) is 3.02. The van der Waals surface area contributed by atoms with Crippen molar-refractivity contribution >= 4 is 28.7 Å². The van der Waals surface area contributed by atoms with Crippen LogP contribution in [0.2, 0.25) is 0 Å². The Hall–Kier alpha value is -4.76. The van der Waals surface area contributed by atoms with E-state index < -0.39 is 0 Å². The number of hydrogen-bond donors (Lipinski definition) is 0. The molecule has 2 nitrogen and oxygen atoms in total. The minimum Gasteiger partial charge on any atom is -0.458 e. The third-order valence-electron chi connectivity index (χ3n) is 8.09. The van der Waals surface area contributed by atoms with Gasteiger partial charge < -0.3 is 9.47 Å². The maximum absolute atomic E-state index is 6.84. The maximum atomic E-state index is 6.84. The first kappa shape index (κ1) is 25.2. The van der Waals surface area contributed by atoms with Crippen LogP contribution in [0.3, 0.4) is 0 Å². The summed E-state index contributed by atoms with van der Waals surface area (Å²) in [5, 5.41) is 0. The van der Waals surface area contributed by atoms with Crippen LogP contribution in [0.1, 0.15) is 32.8 Å². The van der Waals surface area contributed by atoms with Crippen LogP contribution in [-0.2, 0) is 0 Å². The lowest BCUT2D eigenvalue weighted by Crippen LogP contribution is -2.57. The molecule has 0 bridgehead atoms. The Balaban J connectivity index is 1.50. The van der Waals surface area contributed by atoms with Crippen LogP contribution in [0.4, 0.5) is 0 Å². The second kappa shape index (κ2) is 10.3. The molecular formula is C38H31BO2. The Morgan fingerprint density at radius 2 is 1.37 bits per heavy atom. The van der Waals surface area contributed by atoms with Gasteiger partial charge in [-0.2, -0.15) is 0 Å². The number of benzene rings is 5. The second-order valence-electron chi connectivity index (χ2n) is 10.9. The lowest BCUT2D eigenvalue weighted by Gasteiger charge is -2.35. The molecule has 0 N–H and O–H groups in total. The van der Waals surface area contributed by atoms with Crippen molar-refractivity contribution in [3.05, 3.63) is 132 Å². The first-order valence-electron chi connectivity index (χ1n) is 14.4. The normalized spacial score (nSPS) is 12.6. The molecule has 2 heterocycles. The first-order chi connectivity index (χ1) is 20.1. The van der Waals surface area contributed by atoms with Gasteiger partial charge in [0.25, 0.3) is 6.71 Å². The van der Waals surface area contributed by atoms with Crippen LogP contribution in [0.5, 0.6) is 23.0 Å². The van der Waals surface area contributed by atoms with Gasteiger partial charge in [-0.25, -0.2) is 0 Å². The van der Waals surface area contributed by atoms with Crippen molar-refractivity contribution < 1.29 is 9.47 Å². The van der Waals surface area contributed by atoms with Gasteiger partial charge in [0.15, 0.2) is 0 Å². The number of para-hydroxylation sites is 1. The van der Waals surface area contributed by atoms with Crippen LogP contribution in [-0.4, -0.2) is 6.71 Å². The third kappa shape index (κ3) is 4.29. The van der Waals surface area contributed by atoms with Gasteiger partial charge in [-0.05, 0) is 71.7 Å². The minimum absolute atomic E-state index is 0.0201. The van der Waals surface area contributed by atoms with Gasteiger partial charge in [0, 0.05) is 16.6 Å². The Morgan fingerprint density at radius 1 is 0.659 bits per heavy atom. The van der Waals surface area contributed by atoms with Crippen molar-refractivity contribution in [2.45, 2.75) is 27.2 Å². The molecule has 2 aliphatic rings. The van der Waals surface area contributed by atoms with Crippen LogP contribution in [0, 0.1) is 0 Å². The molecule has 41 heavy (non-hydrogen) atoms. The number of rotatable bonds is 5. The molecule has 0 radical (unpaired) electrons. The van der Waals surface area contributed by atoms with Crippen LogP contribution < -0.4 is 25.9 Å². The molecule has 0 saturated carbocycles. The molecule has 0 aromatic heterocycles. The average molecular weight is 530 g/mol. The molecule has 0 fully saturated rings. The Labute approximate surface area is 242 Å². The zero-order valence-electron chi connectivity index (χ0n) is 23.6. The highest BCUT2D eigenvalue weighted by molar-refractivity contribution is 6.98. The molecule has 0 atom stereocenters. The monoisotopic (exact) mass is 530 g/mol. The molecule has 0 saturated heterocycles. The fourth-order valence-electron chi connectivity index (χ4n) is 6.14. The van der Waals surface area contributed by atoms with E-state index in [4.69, 9.17) is 9.47 Å². The predicted octanol–water partition coefficient (Wildman–Crippen LogP) is 8.51. The van der Waals surface area contributed by atoms with E-state index in [9.17, 15) is 0 Å². The van der Waals surface area contributed by atoms with Crippen LogP contribution >= 0.6 is 0 Å². The molecular weight excluding hydrogens is 499 g/mol. The van der Waals surface area contributed by atoms with Crippen molar-refractivity contribution in [2.75, 3.05) is 0 Å². The maximum Gasteiger partial charge on any atom is 0.260 e. The minimum atomic E-state index is -0.0201. The molecule has 0 unspecified atom stereocenters. The topological polar surface area (TPSA) is 18.5 Å². The zero-order chi connectivity index (χ0) is 27.9. The number of fused-ring (bicyclic) bond motifs is 4. The fraction of sp³-hybridized carbons (Fsp3) is 0.105. The third-order valence-corrected chi connectivity index (χ3v) is 8.09. The van der Waals surface area contributed by atoms with E-state index in [2.05, 4.69) is 136 Å². The number of ether oxygens (including phenoxy) is 2. The summed E-state index contributed by atoms with van der Waals surface area (Å²) >= 11 is 0. The van der Waals surface area contributed by atoms with Gasteiger partial charge in [0.1, 0.15) is 23.0 Å². The molecule has 0 amide bonds. The van der Waals surface area contributed by atoms with Crippen molar-refractivity contribution in [1.29, 1.82) is 0 Å². The molecule has 3 heteroatoms. The summed E-state index contributed by atoms with van der Waals surface area (Å²) in [4.78, 5) is 0. The summed E-state index contributed by atoms with van der Waals surface area (Å²) in [5.74, 6) is 3.55. The molecule has 7 rings (SSSR count). The van der Waals surface area contributed by atoms with E-state index >= 15 is 0 Å². The smallest absolute Gasteiger partial charge is 0.260 e. The first-order valence-corrected chi connectivity index (χ1v) is 14.4. The SMILES string of the molecule is CC/C=C\C(=C(C)C)c1cccc2c1Oc1ccc(-c3ccccc3)c3c1B2c1cc(-c2ccccc2)ccc1O3. The predicted molar refractivity (Wildman–Crippen MR) is 173 cm³/mol. The molecule has 5 aromatic carbocycles. The van der Waals surface area contributed by atoms with E-state index in [0.717, 1.165) is 57.0 Å². The highest BCUT2D eigenvalue weighted by Crippen LogP contribution is 2.43. The molecule has 198 valence electrons. The Bertz CT molecular complexity index is 1830. The summed E-state index contributed by atoms with van der Waals surface area (Å²) in [7, 11) is 0. The van der Waals surface area contributed by atoms with E-state index in [1.54, 1.807) is 0 Å². The fourth-order valence-corrected chi connectivity index (χ4v) is 6.14. The van der Waals surface area contributed by atoms with Gasteiger partial charge in [0.2, 0.25) is 0 Å².